The second-order valence-electron chi connectivity index (χ2n) is 3.48. The van der Waals surface area contributed by atoms with Crippen molar-refractivity contribution in [2.24, 2.45) is 0 Å². The van der Waals surface area contributed by atoms with E-state index in [2.05, 4.69) is 35.0 Å². The number of benzene rings is 1. The highest BCUT2D eigenvalue weighted by atomic mass is 79.9. The number of ether oxygens (including phenoxy) is 2. The number of rotatable bonds is 4. The number of epoxide rings is 1. The third-order valence-electron chi connectivity index (χ3n) is 2.27. The highest BCUT2D eigenvalue weighted by molar-refractivity contribution is 9.10. The molecule has 76 valence electrons. The summed E-state index contributed by atoms with van der Waals surface area (Å²) in [6, 6.07) is 8.21. The van der Waals surface area contributed by atoms with Crippen molar-refractivity contribution in [1.82, 2.24) is 0 Å². The predicted octanol–water partition coefficient (Wildman–Crippen LogP) is 2.93. The molecule has 1 aliphatic heterocycles. The minimum absolute atomic E-state index is 0.146. The van der Waals surface area contributed by atoms with Crippen molar-refractivity contribution in [2.75, 3.05) is 13.2 Å². The summed E-state index contributed by atoms with van der Waals surface area (Å²) in [6.45, 7) is 3.62. The van der Waals surface area contributed by atoms with E-state index < -0.39 is 0 Å². The molecule has 14 heavy (non-hydrogen) atoms. The van der Waals surface area contributed by atoms with Crippen LogP contribution in [0.4, 0.5) is 0 Å². The highest BCUT2D eigenvalue weighted by Gasteiger charge is 2.23. The fraction of sp³-hybridized carbons (Fsp3) is 0.455. The standard InChI is InChI=1S/C11H13BrO2/c1-8(13-6-11-7-14-11)9-2-4-10(12)5-3-9/h2-5,8,11H,6-7H2,1H3/t8-,11-/m0/s1. The maximum Gasteiger partial charge on any atom is 0.104 e. The van der Waals surface area contributed by atoms with Crippen LogP contribution in [0.3, 0.4) is 0 Å². The maximum absolute atomic E-state index is 5.65. The first-order valence-corrected chi connectivity index (χ1v) is 5.53. The lowest BCUT2D eigenvalue weighted by atomic mass is 10.1. The van der Waals surface area contributed by atoms with Gasteiger partial charge in [-0.2, -0.15) is 0 Å². The van der Waals surface area contributed by atoms with Gasteiger partial charge < -0.3 is 9.47 Å². The Kier molecular flexibility index (Phi) is 3.21. The molecule has 0 aromatic heterocycles. The van der Waals surface area contributed by atoms with Crippen LogP contribution in [0.25, 0.3) is 0 Å². The zero-order chi connectivity index (χ0) is 9.97. The Morgan fingerprint density at radius 1 is 1.50 bits per heavy atom. The Hall–Kier alpha value is -0.380. The molecule has 0 N–H and O–H groups in total. The average Bonchev–Trinajstić information content (AvgIpc) is 2.99. The van der Waals surface area contributed by atoms with Crippen molar-refractivity contribution in [3.8, 4) is 0 Å². The van der Waals surface area contributed by atoms with E-state index >= 15 is 0 Å². The first-order chi connectivity index (χ1) is 6.75. The lowest BCUT2D eigenvalue weighted by Crippen LogP contribution is -2.05. The first-order valence-electron chi connectivity index (χ1n) is 4.74. The second-order valence-corrected chi connectivity index (χ2v) is 4.40. The van der Waals surface area contributed by atoms with E-state index in [4.69, 9.17) is 9.47 Å². The molecule has 0 bridgehead atoms. The Morgan fingerprint density at radius 3 is 2.71 bits per heavy atom. The normalized spacial score (nSPS) is 22.0. The third-order valence-corrected chi connectivity index (χ3v) is 2.80. The number of hydrogen-bond donors (Lipinski definition) is 0. The lowest BCUT2D eigenvalue weighted by Gasteiger charge is -2.12. The zero-order valence-electron chi connectivity index (χ0n) is 8.07. The van der Waals surface area contributed by atoms with Crippen molar-refractivity contribution in [2.45, 2.75) is 19.1 Å². The summed E-state index contributed by atoms with van der Waals surface area (Å²) in [7, 11) is 0. The molecule has 1 aromatic carbocycles. The quantitative estimate of drug-likeness (QED) is 0.773. The first kappa shape index (κ1) is 10.1. The van der Waals surface area contributed by atoms with Gasteiger partial charge in [-0.05, 0) is 24.6 Å². The van der Waals surface area contributed by atoms with Crippen LogP contribution in [0.5, 0.6) is 0 Å². The molecular formula is C11H13BrO2. The Morgan fingerprint density at radius 2 is 2.14 bits per heavy atom. The smallest absolute Gasteiger partial charge is 0.104 e. The summed E-state index contributed by atoms with van der Waals surface area (Å²) in [4.78, 5) is 0. The molecule has 0 unspecified atom stereocenters. The Balaban J connectivity index is 1.88. The average molecular weight is 257 g/mol. The SMILES string of the molecule is C[C@H](OC[C@H]1CO1)c1ccc(Br)cc1. The van der Waals surface area contributed by atoms with Crippen LogP contribution in [0, 0.1) is 0 Å². The van der Waals surface area contributed by atoms with E-state index in [0.29, 0.717) is 12.7 Å². The molecule has 0 radical (unpaired) electrons. The molecule has 3 heteroatoms. The maximum atomic E-state index is 5.65. The number of halogens is 1. The molecule has 2 atom stereocenters. The molecule has 1 fully saturated rings. The van der Waals surface area contributed by atoms with Gasteiger partial charge in [0.2, 0.25) is 0 Å². The molecule has 1 heterocycles. The van der Waals surface area contributed by atoms with Gasteiger partial charge in [-0.3, -0.25) is 0 Å². The highest BCUT2D eigenvalue weighted by Crippen LogP contribution is 2.21. The molecule has 0 spiro atoms. The summed E-state index contributed by atoms with van der Waals surface area (Å²) in [5.41, 5.74) is 1.20. The molecule has 0 saturated carbocycles. The van der Waals surface area contributed by atoms with E-state index in [1.165, 1.54) is 5.56 Å². The molecule has 2 nitrogen and oxygen atoms in total. The van der Waals surface area contributed by atoms with Gasteiger partial charge in [0.1, 0.15) is 6.10 Å². The van der Waals surface area contributed by atoms with Crippen LogP contribution in [-0.4, -0.2) is 19.3 Å². The fourth-order valence-corrected chi connectivity index (χ4v) is 1.51. The van der Waals surface area contributed by atoms with Gasteiger partial charge in [0.15, 0.2) is 0 Å². The van der Waals surface area contributed by atoms with Crippen LogP contribution < -0.4 is 0 Å². The summed E-state index contributed by atoms with van der Waals surface area (Å²) in [5.74, 6) is 0. The van der Waals surface area contributed by atoms with Crippen molar-refractivity contribution in [3.05, 3.63) is 34.3 Å². The van der Waals surface area contributed by atoms with E-state index in [-0.39, 0.29) is 6.10 Å². The van der Waals surface area contributed by atoms with Crippen LogP contribution in [0.15, 0.2) is 28.7 Å². The topological polar surface area (TPSA) is 21.8 Å². The van der Waals surface area contributed by atoms with Crippen LogP contribution >= 0.6 is 15.9 Å². The van der Waals surface area contributed by atoms with E-state index in [9.17, 15) is 0 Å². The molecule has 0 aliphatic carbocycles. The third kappa shape index (κ3) is 2.80. The summed E-state index contributed by atoms with van der Waals surface area (Å²) in [6.07, 6.45) is 0.486. The van der Waals surface area contributed by atoms with E-state index in [1.807, 2.05) is 12.1 Å². The Bertz CT molecular complexity index is 293. The van der Waals surface area contributed by atoms with Gasteiger partial charge in [-0.25, -0.2) is 0 Å². The van der Waals surface area contributed by atoms with Crippen molar-refractivity contribution >= 4 is 15.9 Å². The fourth-order valence-electron chi connectivity index (χ4n) is 1.25. The van der Waals surface area contributed by atoms with E-state index in [1.54, 1.807) is 0 Å². The molecule has 1 aromatic rings. The monoisotopic (exact) mass is 256 g/mol. The second kappa shape index (κ2) is 4.43. The van der Waals surface area contributed by atoms with Crippen LogP contribution in [0.2, 0.25) is 0 Å². The molecule has 1 saturated heterocycles. The van der Waals surface area contributed by atoms with Gasteiger partial charge in [0.25, 0.3) is 0 Å². The van der Waals surface area contributed by atoms with Crippen LogP contribution in [0.1, 0.15) is 18.6 Å². The van der Waals surface area contributed by atoms with Crippen molar-refractivity contribution in [1.29, 1.82) is 0 Å². The minimum atomic E-state index is 0.146. The van der Waals surface area contributed by atoms with Gasteiger partial charge in [-0.15, -0.1) is 0 Å². The van der Waals surface area contributed by atoms with Gasteiger partial charge in [0, 0.05) is 4.47 Å². The Labute approximate surface area is 92.3 Å². The number of hydrogen-bond acceptors (Lipinski definition) is 2. The van der Waals surface area contributed by atoms with Crippen LogP contribution in [-0.2, 0) is 9.47 Å². The molecule has 0 amide bonds. The van der Waals surface area contributed by atoms with Crippen molar-refractivity contribution in [3.63, 3.8) is 0 Å². The predicted molar refractivity (Wildman–Crippen MR) is 58.2 cm³/mol. The van der Waals surface area contributed by atoms with Crippen molar-refractivity contribution < 1.29 is 9.47 Å². The van der Waals surface area contributed by atoms with Gasteiger partial charge in [0.05, 0.1) is 19.3 Å². The summed E-state index contributed by atoms with van der Waals surface area (Å²) in [5, 5.41) is 0. The van der Waals surface area contributed by atoms with E-state index in [0.717, 1.165) is 11.1 Å². The molecular weight excluding hydrogens is 244 g/mol. The summed E-state index contributed by atoms with van der Waals surface area (Å²) < 4.78 is 11.8. The summed E-state index contributed by atoms with van der Waals surface area (Å²) >= 11 is 3.41. The zero-order valence-corrected chi connectivity index (χ0v) is 9.66. The lowest BCUT2D eigenvalue weighted by molar-refractivity contribution is 0.0540. The molecule has 1 aliphatic rings. The molecule has 2 rings (SSSR count). The largest absolute Gasteiger partial charge is 0.371 e. The minimum Gasteiger partial charge on any atom is -0.371 e. The van der Waals surface area contributed by atoms with Gasteiger partial charge in [-0.1, -0.05) is 28.1 Å². The van der Waals surface area contributed by atoms with Gasteiger partial charge >= 0.3 is 0 Å².